The Morgan fingerprint density at radius 3 is 2.83 bits per heavy atom. The lowest BCUT2D eigenvalue weighted by molar-refractivity contribution is -0.134. The summed E-state index contributed by atoms with van der Waals surface area (Å²) in [6, 6.07) is 12.0. The van der Waals surface area contributed by atoms with Gasteiger partial charge in [-0.1, -0.05) is 23.3 Å². The highest BCUT2D eigenvalue weighted by atomic mass is 32.1. The van der Waals surface area contributed by atoms with Gasteiger partial charge in [-0.15, -0.1) is 27.8 Å². The average molecular weight is 427 g/mol. The normalized spacial score (nSPS) is 15.1. The predicted molar refractivity (Wildman–Crippen MR) is 111 cm³/mol. The summed E-state index contributed by atoms with van der Waals surface area (Å²) >= 11 is 3.26. The zero-order valence-electron chi connectivity index (χ0n) is 15.5. The Balaban J connectivity index is 1.14. The molecule has 1 aliphatic rings. The second-order valence-corrected chi connectivity index (χ2v) is 8.82. The lowest BCUT2D eigenvalue weighted by Gasteiger charge is -2.30. The summed E-state index contributed by atoms with van der Waals surface area (Å²) in [6.07, 6.45) is 1.84. The molecule has 1 saturated heterocycles. The molecule has 9 heteroatoms. The van der Waals surface area contributed by atoms with Crippen molar-refractivity contribution in [1.82, 2.24) is 20.1 Å². The van der Waals surface area contributed by atoms with E-state index >= 15 is 0 Å². The van der Waals surface area contributed by atoms with Crippen molar-refractivity contribution < 1.29 is 13.9 Å². The van der Waals surface area contributed by atoms with E-state index in [9.17, 15) is 4.79 Å². The molecule has 0 spiro atoms. The number of hydrogen-bond donors (Lipinski definition) is 0. The molecule has 1 aromatic carbocycles. The molecule has 0 aliphatic carbocycles. The van der Waals surface area contributed by atoms with Crippen LogP contribution >= 0.6 is 22.7 Å². The summed E-state index contributed by atoms with van der Waals surface area (Å²) in [5.41, 5.74) is 1.06. The van der Waals surface area contributed by atoms with Crippen LogP contribution in [0, 0.1) is 0 Å². The SMILES string of the molecule is O=C(COc1nnc(-c2cccs2)o1)N1CCC(c2nc3ccccc3s2)CC1. The largest absolute Gasteiger partial charge is 0.439 e. The minimum atomic E-state index is -0.0993. The van der Waals surface area contributed by atoms with Crippen LogP contribution in [0.2, 0.25) is 0 Å². The van der Waals surface area contributed by atoms with Crippen LogP contribution in [0.5, 0.6) is 6.08 Å². The molecule has 29 heavy (non-hydrogen) atoms. The number of amides is 1. The zero-order valence-corrected chi connectivity index (χ0v) is 17.1. The van der Waals surface area contributed by atoms with Gasteiger partial charge in [0.15, 0.2) is 6.61 Å². The third-order valence-corrected chi connectivity index (χ3v) is 7.02. The third-order valence-electron chi connectivity index (χ3n) is 4.96. The first-order valence-corrected chi connectivity index (χ1v) is 11.1. The van der Waals surface area contributed by atoms with Crippen LogP contribution in [-0.2, 0) is 4.79 Å². The van der Waals surface area contributed by atoms with Crippen molar-refractivity contribution in [2.75, 3.05) is 19.7 Å². The Bertz CT molecular complexity index is 1080. The van der Waals surface area contributed by atoms with Gasteiger partial charge in [-0.2, -0.15) is 0 Å². The second-order valence-electron chi connectivity index (χ2n) is 6.81. The lowest BCUT2D eigenvalue weighted by atomic mass is 9.97. The summed E-state index contributed by atoms with van der Waals surface area (Å²) in [7, 11) is 0. The first kappa shape index (κ1) is 18.3. The van der Waals surface area contributed by atoms with Gasteiger partial charge >= 0.3 is 6.08 Å². The maximum absolute atomic E-state index is 12.5. The second kappa shape index (κ2) is 7.92. The topological polar surface area (TPSA) is 81.3 Å². The van der Waals surface area contributed by atoms with Crippen molar-refractivity contribution in [3.63, 3.8) is 0 Å². The Morgan fingerprint density at radius 2 is 2.03 bits per heavy atom. The molecule has 1 aliphatic heterocycles. The van der Waals surface area contributed by atoms with E-state index in [4.69, 9.17) is 14.1 Å². The van der Waals surface area contributed by atoms with Crippen molar-refractivity contribution in [3.05, 3.63) is 46.8 Å². The molecule has 7 nitrogen and oxygen atoms in total. The maximum atomic E-state index is 12.5. The van der Waals surface area contributed by atoms with Gasteiger partial charge in [0.05, 0.1) is 20.1 Å². The quantitative estimate of drug-likeness (QED) is 0.476. The molecule has 4 heterocycles. The molecule has 5 rings (SSSR count). The van der Waals surface area contributed by atoms with Gasteiger partial charge in [0.25, 0.3) is 11.8 Å². The monoisotopic (exact) mass is 426 g/mol. The van der Waals surface area contributed by atoms with Gasteiger partial charge in [0.2, 0.25) is 0 Å². The molecule has 0 bridgehead atoms. The van der Waals surface area contributed by atoms with Crippen molar-refractivity contribution >= 4 is 38.8 Å². The number of fused-ring (bicyclic) bond motifs is 1. The fourth-order valence-electron chi connectivity index (χ4n) is 3.42. The summed E-state index contributed by atoms with van der Waals surface area (Å²) in [4.78, 5) is 20.0. The molecule has 0 atom stereocenters. The number of likely N-dealkylation sites (tertiary alicyclic amines) is 1. The smallest absolute Gasteiger partial charge is 0.415 e. The number of thiophene rings is 1. The number of benzene rings is 1. The number of rotatable bonds is 5. The number of nitrogens with zero attached hydrogens (tertiary/aromatic N) is 4. The van der Waals surface area contributed by atoms with Crippen LogP contribution in [0.25, 0.3) is 21.0 Å². The highest BCUT2D eigenvalue weighted by Gasteiger charge is 2.26. The lowest BCUT2D eigenvalue weighted by Crippen LogP contribution is -2.40. The molecule has 3 aromatic heterocycles. The highest BCUT2D eigenvalue weighted by Crippen LogP contribution is 2.33. The number of hydrogen-bond acceptors (Lipinski definition) is 8. The van der Waals surface area contributed by atoms with E-state index in [2.05, 4.69) is 16.3 Å². The predicted octanol–water partition coefficient (Wildman–Crippen LogP) is 4.19. The molecule has 0 saturated carbocycles. The van der Waals surface area contributed by atoms with Gasteiger partial charge in [0, 0.05) is 19.0 Å². The summed E-state index contributed by atoms with van der Waals surface area (Å²) < 4.78 is 12.1. The van der Waals surface area contributed by atoms with Crippen molar-refractivity contribution in [2.45, 2.75) is 18.8 Å². The summed E-state index contributed by atoms with van der Waals surface area (Å²) in [5.74, 6) is 0.740. The highest BCUT2D eigenvalue weighted by molar-refractivity contribution is 7.18. The van der Waals surface area contributed by atoms with E-state index < -0.39 is 0 Å². The number of aromatic nitrogens is 3. The van der Waals surface area contributed by atoms with Crippen LogP contribution < -0.4 is 4.74 Å². The van der Waals surface area contributed by atoms with Crippen molar-refractivity contribution in [3.8, 4) is 16.8 Å². The number of carbonyl (C=O) groups is 1. The Morgan fingerprint density at radius 1 is 1.17 bits per heavy atom. The van der Waals surface area contributed by atoms with Crippen LogP contribution in [-0.4, -0.2) is 45.7 Å². The number of ether oxygens (including phenoxy) is 1. The fraction of sp³-hybridized carbons (Fsp3) is 0.300. The van der Waals surface area contributed by atoms with E-state index in [1.807, 2.05) is 40.6 Å². The summed E-state index contributed by atoms with van der Waals surface area (Å²) in [5, 5.41) is 10.9. The van der Waals surface area contributed by atoms with Crippen molar-refractivity contribution in [2.24, 2.45) is 0 Å². The summed E-state index contributed by atoms with van der Waals surface area (Å²) in [6.45, 7) is 1.30. The van der Waals surface area contributed by atoms with Gasteiger partial charge in [-0.25, -0.2) is 4.98 Å². The minimum Gasteiger partial charge on any atom is -0.439 e. The molecule has 0 radical (unpaired) electrons. The van der Waals surface area contributed by atoms with Crippen LogP contribution in [0.3, 0.4) is 0 Å². The number of carbonyl (C=O) groups excluding carboxylic acids is 1. The maximum Gasteiger partial charge on any atom is 0.415 e. The Kier molecular flexibility index (Phi) is 4.99. The minimum absolute atomic E-state index is 0.0195. The van der Waals surface area contributed by atoms with E-state index in [1.165, 1.54) is 21.0 Å². The Hall–Kier alpha value is -2.78. The molecule has 1 amide bonds. The molecule has 148 valence electrons. The van der Waals surface area contributed by atoms with Gasteiger partial charge in [0.1, 0.15) is 0 Å². The Labute approximate surface area is 175 Å². The zero-order chi connectivity index (χ0) is 19.6. The molecule has 4 aromatic rings. The van der Waals surface area contributed by atoms with Crippen LogP contribution in [0.1, 0.15) is 23.8 Å². The number of thiazole rings is 1. The van der Waals surface area contributed by atoms with Gasteiger partial charge in [-0.3, -0.25) is 4.79 Å². The van der Waals surface area contributed by atoms with Gasteiger partial charge in [-0.05, 0) is 36.4 Å². The van der Waals surface area contributed by atoms with E-state index in [0.717, 1.165) is 23.2 Å². The fourth-order valence-corrected chi connectivity index (χ4v) is 5.20. The van der Waals surface area contributed by atoms with Crippen molar-refractivity contribution in [1.29, 1.82) is 0 Å². The number of para-hydroxylation sites is 1. The average Bonchev–Trinajstić information content (AvgIpc) is 3.52. The van der Waals surface area contributed by atoms with E-state index in [1.54, 1.807) is 11.3 Å². The molecule has 1 fully saturated rings. The molecule has 0 unspecified atom stereocenters. The molecular formula is C20H18N4O3S2. The molecular weight excluding hydrogens is 408 g/mol. The molecule has 0 N–H and O–H groups in total. The van der Waals surface area contributed by atoms with Crippen LogP contribution in [0.15, 0.2) is 46.2 Å². The number of piperidine rings is 1. The van der Waals surface area contributed by atoms with Crippen LogP contribution in [0.4, 0.5) is 0 Å². The van der Waals surface area contributed by atoms with E-state index in [-0.39, 0.29) is 18.6 Å². The van der Waals surface area contributed by atoms with Gasteiger partial charge < -0.3 is 14.1 Å². The van der Waals surface area contributed by atoms with E-state index in [0.29, 0.717) is 24.9 Å². The standard InChI is InChI=1S/C20H18N4O3S2/c25-17(12-26-20-23-22-18(27-20)16-6-3-11-28-16)24-9-7-13(8-10-24)19-21-14-4-1-2-5-15(14)29-19/h1-6,11,13H,7-10,12H2. The first-order valence-electron chi connectivity index (χ1n) is 9.40. The third kappa shape index (κ3) is 3.88. The first-order chi connectivity index (χ1) is 14.3.